The van der Waals surface area contributed by atoms with E-state index in [1.807, 2.05) is 0 Å². The van der Waals surface area contributed by atoms with E-state index in [0.717, 1.165) is 4.73 Å². The monoisotopic (exact) mass is 425 g/mol. The SMILES string of the molecule is Nc1nc2c(nc(Nc3cc[n+]([O-])c4ccccc34)n2[C@H]2C[C@H](O)[C@@H](CO)O2)c(=O)[nH]1. The van der Waals surface area contributed by atoms with Gasteiger partial charge in [0.05, 0.1) is 23.8 Å². The summed E-state index contributed by atoms with van der Waals surface area (Å²) in [5, 5.41) is 35.6. The molecule has 1 aliphatic heterocycles. The van der Waals surface area contributed by atoms with Crippen LogP contribution < -0.4 is 21.3 Å². The lowest BCUT2D eigenvalue weighted by Crippen LogP contribution is -2.26. The van der Waals surface area contributed by atoms with Gasteiger partial charge in [0.2, 0.25) is 17.4 Å². The second-order valence-corrected chi connectivity index (χ2v) is 7.24. The third-order valence-corrected chi connectivity index (χ3v) is 5.30. The molecular formula is C19H19N7O5. The maximum Gasteiger partial charge on any atom is 0.280 e. The van der Waals surface area contributed by atoms with E-state index in [-0.39, 0.29) is 36.1 Å². The second-order valence-electron chi connectivity index (χ2n) is 7.24. The molecule has 3 atom stereocenters. The van der Waals surface area contributed by atoms with Crippen molar-refractivity contribution in [3.05, 3.63) is 52.1 Å². The smallest absolute Gasteiger partial charge is 0.280 e. The molecule has 5 rings (SSSR count). The Morgan fingerprint density at radius 1 is 1.35 bits per heavy atom. The number of nitrogens with two attached hydrogens (primary N) is 1. The van der Waals surface area contributed by atoms with E-state index in [1.165, 1.54) is 10.8 Å². The Morgan fingerprint density at radius 2 is 2.16 bits per heavy atom. The van der Waals surface area contributed by atoms with Crippen molar-refractivity contribution in [2.24, 2.45) is 0 Å². The average Bonchev–Trinajstić information content (AvgIpc) is 3.30. The molecule has 0 unspecified atom stereocenters. The minimum absolute atomic E-state index is 0.0290. The summed E-state index contributed by atoms with van der Waals surface area (Å²) in [5.41, 5.74) is 6.41. The quantitative estimate of drug-likeness (QED) is 0.220. The molecule has 0 saturated carbocycles. The number of benzene rings is 1. The Kier molecular flexibility index (Phi) is 4.46. The Hall–Kier alpha value is -3.74. The van der Waals surface area contributed by atoms with Gasteiger partial charge in [0.25, 0.3) is 5.56 Å². The molecule has 160 valence electrons. The third-order valence-electron chi connectivity index (χ3n) is 5.30. The molecule has 1 aromatic carbocycles. The highest BCUT2D eigenvalue weighted by Crippen LogP contribution is 2.35. The number of nitrogen functional groups attached to an aromatic ring is 1. The Balaban J connectivity index is 1.68. The maximum atomic E-state index is 12.4. The highest BCUT2D eigenvalue weighted by molar-refractivity contribution is 5.91. The van der Waals surface area contributed by atoms with Crippen LogP contribution in [-0.4, -0.2) is 48.5 Å². The zero-order valence-electron chi connectivity index (χ0n) is 16.1. The number of H-pyrrole nitrogens is 1. The summed E-state index contributed by atoms with van der Waals surface area (Å²) in [5.74, 6) is 0.114. The molecule has 3 aromatic heterocycles. The van der Waals surface area contributed by atoms with Crippen molar-refractivity contribution in [2.75, 3.05) is 17.7 Å². The molecule has 12 heteroatoms. The van der Waals surface area contributed by atoms with Gasteiger partial charge in [0.15, 0.2) is 17.4 Å². The molecule has 0 radical (unpaired) electrons. The van der Waals surface area contributed by atoms with E-state index in [0.29, 0.717) is 16.6 Å². The van der Waals surface area contributed by atoms with Crippen LogP contribution >= 0.6 is 0 Å². The number of imidazole rings is 1. The van der Waals surface area contributed by atoms with Gasteiger partial charge in [-0.15, -0.1) is 0 Å². The van der Waals surface area contributed by atoms with Crippen LogP contribution in [-0.2, 0) is 4.74 Å². The van der Waals surface area contributed by atoms with Crippen molar-refractivity contribution in [3.8, 4) is 0 Å². The standard InChI is InChI=1S/C19H19N7O5/c20-18-23-16-15(17(29)24-18)22-19(26(16)14-7-12(28)13(8-27)31-14)21-10-5-6-25(30)11-4-2-1-3-9(10)11/h1-6,12-14,27-28H,7-8H2,(H,21,22)(H3,20,23,24,29)/t12-,13+,14+/m0/s1. The second kappa shape index (κ2) is 7.19. The Morgan fingerprint density at radius 3 is 2.94 bits per heavy atom. The van der Waals surface area contributed by atoms with Gasteiger partial charge in [-0.25, -0.2) is 4.98 Å². The first-order valence-corrected chi connectivity index (χ1v) is 9.56. The van der Waals surface area contributed by atoms with Crippen molar-refractivity contribution in [2.45, 2.75) is 24.9 Å². The van der Waals surface area contributed by atoms with E-state index < -0.39 is 24.0 Å². The van der Waals surface area contributed by atoms with Crippen LogP contribution in [0.5, 0.6) is 0 Å². The summed E-state index contributed by atoms with van der Waals surface area (Å²) in [4.78, 5) is 23.4. The number of aliphatic hydroxyl groups excluding tert-OH is 2. The number of aromatic nitrogens is 5. The maximum absolute atomic E-state index is 12.4. The van der Waals surface area contributed by atoms with Crippen molar-refractivity contribution in [3.63, 3.8) is 0 Å². The summed E-state index contributed by atoms with van der Waals surface area (Å²) in [7, 11) is 0. The van der Waals surface area contributed by atoms with E-state index in [2.05, 4.69) is 20.3 Å². The van der Waals surface area contributed by atoms with E-state index in [4.69, 9.17) is 10.5 Å². The number of nitrogens with zero attached hydrogens (tertiary/aromatic N) is 4. The van der Waals surface area contributed by atoms with Gasteiger partial charge in [-0.2, -0.15) is 9.71 Å². The molecule has 0 aliphatic carbocycles. The van der Waals surface area contributed by atoms with Crippen molar-refractivity contribution in [1.29, 1.82) is 0 Å². The molecule has 0 spiro atoms. The van der Waals surface area contributed by atoms with E-state index in [1.54, 1.807) is 30.3 Å². The molecule has 0 amide bonds. The number of hydrogen-bond donors (Lipinski definition) is 5. The van der Waals surface area contributed by atoms with Crippen LogP contribution in [0, 0.1) is 5.21 Å². The van der Waals surface area contributed by atoms with Crippen LogP contribution in [0.25, 0.3) is 22.1 Å². The van der Waals surface area contributed by atoms with Gasteiger partial charge in [0.1, 0.15) is 12.3 Å². The summed E-state index contributed by atoms with van der Waals surface area (Å²) >= 11 is 0. The first-order chi connectivity index (χ1) is 15.0. The molecule has 1 aliphatic rings. The number of aromatic amines is 1. The molecule has 0 bridgehead atoms. The molecule has 1 saturated heterocycles. The van der Waals surface area contributed by atoms with E-state index >= 15 is 0 Å². The van der Waals surface area contributed by atoms with Gasteiger partial charge in [-0.1, -0.05) is 12.1 Å². The highest BCUT2D eigenvalue weighted by Gasteiger charge is 2.37. The van der Waals surface area contributed by atoms with Crippen molar-refractivity contribution >= 4 is 39.7 Å². The molecule has 1 fully saturated rings. The van der Waals surface area contributed by atoms with E-state index in [9.17, 15) is 20.2 Å². The number of anilines is 3. The third kappa shape index (κ3) is 3.13. The lowest BCUT2D eigenvalue weighted by atomic mass is 10.2. The number of aliphatic hydroxyl groups is 2. The van der Waals surface area contributed by atoms with Crippen molar-refractivity contribution < 1.29 is 19.7 Å². The zero-order chi connectivity index (χ0) is 21.7. The summed E-state index contributed by atoms with van der Waals surface area (Å²) in [6.07, 6.45) is -0.940. The molecule has 31 heavy (non-hydrogen) atoms. The normalized spacial score (nSPS) is 21.2. The lowest BCUT2D eigenvalue weighted by Gasteiger charge is -2.17. The number of ether oxygens (including phenoxy) is 1. The molecule has 6 N–H and O–H groups in total. The van der Waals surface area contributed by atoms with Gasteiger partial charge in [0, 0.05) is 18.6 Å². The number of fused-ring (bicyclic) bond motifs is 2. The number of hydrogen-bond acceptors (Lipinski definition) is 9. The fourth-order valence-corrected chi connectivity index (χ4v) is 3.83. The van der Waals surface area contributed by atoms with Gasteiger partial charge >= 0.3 is 0 Å². The lowest BCUT2D eigenvalue weighted by molar-refractivity contribution is -0.576. The molecule has 4 aromatic rings. The van der Waals surface area contributed by atoms with Crippen molar-refractivity contribution in [1.82, 2.24) is 19.5 Å². The molecule has 12 nitrogen and oxygen atoms in total. The Bertz CT molecular complexity index is 1350. The topological polar surface area (TPSA) is 178 Å². The van der Waals surface area contributed by atoms with Gasteiger partial charge < -0.3 is 31.2 Å². The number of para-hydroxylation sites is 1. The largest absolute Gasteiger partial charge is 0.618 e. The van der Waals surface area contributed by atoms with Crippen LogP contribution in [0.1, 0.15) is 12.6 Å². The first-order valence-electron chi connectivity index (χ1n) is 9.56. The minimum atomic E-state index is -0.906. The number of rotatable bonds is 4. The molecular weight excluding hydrogens is 406 g/mol. The van der Waals surface area contributed by atoms with Crippen LogP contribution in [0.4, 0.5) is 17.6 Å². The summed E-state index contributed by atoms with van der Waals surface area (Å²) in [6, 6.07) is 8.61. The average molecular weight is 425 g/mol. The van der Waals surface area contributed by atoms with Gasteiger partial charge in [-0.3, -0.25) is 14.3 Å². The highest BCUT2D eigenvalue weighted by atomic mass is 16.5. The summed E-state index contributed by atoms with van der Waals surface area (Å²) in [6.45, 7) is -0.365. The van der Waals surface area contributed by atoms with Crippen LogP contribution in [0.2, 0.25) is 0 Å². The predicted octanol–water partition coefficient (Wildman–Crippen LogP) is -0.127. The predicted molar refractivity (Wildman–Crippen MR) is 110 cm³/mol. The first kappa shape index (κ1) is 19.2. The Labute approximate surface area is 174 Å². The molecule has 4 heterocycles. The zero-order valence-corrected chi connectivity index (χ0v) is 16.1. The number of nitrogens with one attached hydrogen (secondary N) is 2. The fraction of sp³-hybridized carbons (Fsp3) is 0.263. The van der Waals surface area contributed by atoms with Crippen LogP contribution in [0.3, 0.4) is 0 Å². The number of pyridine rings is 1. The minimum Gasteiger partial charge on any atom is -0.618 e. The summed E-state index contributed by atoms with van der Waals surface area (Å²) < 4.78 is 8.05. The van der Waals surface area contributed by atoms with Gasteiger partial charge in [-0.05, 0) is 6.07 Å². The fourth-order valence-electron chi connectivity index (χ4n) is 3.83. The van der Waals surface area contributed by atoms with Crippen LogP contribution in [0.15, 0.2) is 41.3 Å².